The molecule has 5 rings (SSSR count). The number of pyridine rings is 1. The number of benzene rings is 1. The number of aliphatic hydroxyl groups excluding tert-OH is 1. The average molecular weight is 430 g/mol. The van der Waals surface area contributed by atoms with Crippen LogP contribution in [0.3, 0.4) is 0 Å². The summed E-state index contributed by atoms with van der Waals surface area (Å²) >= 11 is 0. The first-order chi connectivity index (χ1) is 15.6. The number of nitrogens with one attached hydrogen (secondary N) is 1. The Balaban J connectivity index is 1.39. The number of aliphatic hydroxyl groups is 1. The van der Waals surface area contributed by atoms with Crippen molar-refractivity contribution >= 4 is 16.9 Å². The van der Waals surface area contributed by atoms with Gasteiger partial charge in [-0.05, 0) is 36.1 Å². The van der Waals surface area contributed by atoms with Crippen LogP contribution in [0.25, 0.3) is 22.2 Å². The highest BCUT2D eigenvalue weighted by molar-refractivity contribution is 6.05. The first kappa shape index (κ1) is 20.5. The molecule has 1 amide bonds. The summed E-state index contributed by atoms with van der Waals surface area (Å²) in [5, 5.41) is 17.5. The van der Waals surface area contributed by atoms with Crippen LogP contribution < -0.4 is 5.32 Å². The Hall–Kier alpha value is -3.45. The van der Waals surface area contributed by atoms with E-state index in [1.807, 2.05) is 37.8 Å². The zero-order chi connectivity index (χ0) is 22.1. The molecule has 4 aromatic rings. The van der Waals surface area contributed by atoms with Crippen LogP contribution in [0.1, 0.15) is 41.6 Å². The van der Waals surface area contributed by atoms with Crippen LogP contribution in [0.15, 0.2) is 61.2 Å². The highest BCUT2D eigenvalue weighted by Gasteiger charge is 2.26. The average Bonchev–Trinajstić information content (AvgIpc) is 3.40. The van der Waals surface area contributed by atoms with E-state index in [2.05, 4.69) is 44.2 Å². The minimum absolute atomic E-state index is 0.176. The summed E-state index contributed by atoms with van der Waals surface area (Å²) in [5.74, 6) is -0.176. The van der Waals surface area contributed by atoms with Crippen molar-refractivity contribution in [1.82, 2.24) is 24.6 Å². The van der Waals surface area contributed by atoms with Gasteiger partial charge in [-0.15, -0.1) is 0 Å². The number of hydrogen-bond donors (Lipinski definition) is 2. The molecule has 3 aromatic heterocycles. The second-order valence-electron chi connectivity index (χ2n) is 8.57. The largest absolute Gasteiger partial charge is 0.391 e. The Labute approximate surface area is 186 Å². The van der Waals surface area contributed by atoms with Crippen molar-refractivity contribution < 1.29 is 9.90 Å². The monoisotopic (exact) mass is 429 g/mol. The van der Waals surface area contributed by atoms with E-state index in [0.717, 1.165) is 47.9 Å². The van der Waals surface area contributed by atoms with Crippen LogP contribution in [0, 0.1) is 0 Å². The normalized spacial score (nSPS) is 18.7. The van der Waals surface area contributed by atoms with Gasteiger partial charge >= 0.3 is 0 Å². The van der Waals surface area contributed by atoms with Gasteiger partial charge in [0, 0.05) is 37.7 Å². The van der Waals surface area contributed by atoms with Gasteiger partial charge in [0.2, 0.25) is 0 Å². The molecule has 0 spiro atoms. The van der Waals surface area contributed by atoms with Gasteiger partial charge in [-0.2, -0.15) is 5.10 Å². The summed E-state index contributed by atoms with van der Waals surface area (Å²) in [6, 6.07) is 12.1. The van der Waals surface area contributed by atoms with Gasteiger partial charge in [0.1, 0.15) is 5.52 Å². The van der Waals surface area contributed by atoms with Crippen molar-refractivity contribution in [1.29, 1.82) is 0 Å². The molecular formula is C25H27N5O2. The highest BCUT2D eigenvalue weighted by Crippen LogP contribution is 2.24. The van der Waals surface area contributed by atoms with Crippen LogP contribution in [0.4, 0.5) is 0 Å². The van der Waals surface area contributed by atoms with E-state index in [1.165, 1.54) is 0 Å². The summed E-state index contributed by atoms with van der Waals surface area (Å²) in [6.45, 7) is 0.634. The molecule has 7 heteroatoms. The van der Waals surface area contributed by atoms with Gasteiger partial charge in [-0.3, -0.25) is 14.5 Å². The second-order valence-corrected chi connectivity index (χ2v) is 8.57. The SMILES string of the molecule is Cn1cc(-c2ccc(Cn3cc(C(=O)NC4CCCC[C@@H]4O)c4ncccc43)cc2)cn1. The minimum Gasteiger partial charge on any atom is -0.391 e. The molecule has 32 heavy (non-hydrogen) atoms. The molecular weight excluding hydrogens is 402 g/mol. The fraction of sp³-hybridized carbons (Fsp3) is 0.320. The van der Waals surface area contributed by atoms with Crippen LogP contribution in [0.2, 0.25) is 0 Å². The van der Waals surface area contributed by atoms with E-state index in [-0.39, 0.29) is 11.9 Å². The standard InChI is InChI=1S/C25H27N5O2/c1-29-15-19(13-27-29)18-10-8-17(9-11-18)14-30-16-20(24-22(30)6-4-12-26-24)25(32)28-21-5-2-3-7-23(21)31/h4,6,8-13,15-16,21,23,31H,2-3,5,7,14H2,1H3,(H,28,32)/t21?,23-/m0/s1. The maximum atomic E-state index is 13.1. The fourth-order valence-corrected chi connectivity index (χ4v) is 4.51. The van der Waals surface area contributed by atoms with Crippen molar-refractivity contribution in [3.8, 4) is 11.1 Å². The third-order valence-electron chi connectivity index (χ3n) is 6.27. The quantitative estimate of drug-likeness (QED) is 0.508. The molecule has 1 unspecified atom stereocenters. The van der Waals surface area contributed by atoms with E-state index in [9.17, 15) is 9.90 Å². The van der Waals surface area contributed by atoms with Crippen molar-refractivity contribution in [2.45, 2.75) is 44.4 Å². The molecule has 1 fully saturated rings. The number of hydrogen-bond acceptors (Lipinski definition) is 4. The molecule has 0 bridgehead atoms. The van der Waals surface area contributed by atoms with Crippen LogP contribution >= 0.6 is 0 Å². The van der Waals surface area contributed by atoms with Gasteiger partial charge in [-0.1, -0.05) is 37.1 Å². The Morgan fingerprint density at radius 3 is 2.69 bits per heavy atom. The van der Waals surface area contributed by atoms with Gasteiger partial charge in [0.15, 0.2) is 0 Å². The van der Waals surface area contributed by atoms with Gasteiger partial charge in [0.05, 0.1) is 29.4 Å². The molecule has 2 N–H and O–H groups in total. The molecule has 1 aliphatic carbocycles. The Morgan fingerprint density at radius 1 is 1.12 bits per heavy atom. The number of carbonyl (C=O) groups is 1. The molecule has 7 nitrogen and oxygen atoms in total. The van der Waals surface area contributed by atoms with Gasteiger partial charge < -0.3 is 15.0 Å². The maximum Gasteiger partial charge on any atom is 0.255 e. The molecule has 164 valence electrons. The number of rotatable bonds is 5. The van der Waals surface area contributed by atoms with E-state index in [4.69, 9.17) is 0 Å². The smallest absolute Gasteiger partial charge is 0.255 e. The number of aromatic nitrogens is 4. The van der Waals surface area contributed by atoms with Crippen LogP contribution in [-0.4, -0.2) is 42.5 Å². The zero-order valence-corrected chi connectivity index (χ0v) is 18.1. The Morgan fingerprint density at radius 2 is 1.94 bits per heavy atom. The Kier molecular flexibility index (Phi) is 5.49. The van der Waals surface area contributed by atoms with Crippen LogP contribution in [0.5, 0.6) is 0 Å². The van der Waals surface area contributed by atoms with Crippen molar-refractivity contribution in [3.05, 3.63) is 72.3 Å². The molecule has 1 saturated carbocycles. The lowest BCUT2D eigenvalue weighted by Crippen LogP contribution is -2.45. The fourth-order valence-electron chi connectivity index (χ4n) is 4.51. The zero-order valence-electron chi connectivity index (χ0n) is 18.1. The lowest BCUT2D eigenvalue weighted by Gasteiger charge is -2.28. The summed E-state index contributed by atoms with van der Waals surface area (Å²) in [5.41, 5.74) is 5.48. The van der Waals surface area contributed by atoms with Gasteiger partial charge in [-0.25, -0.2) is 0 Å². The highest BCUT2D eigenvalue weighted by atomic mass is 16.3. The van der Waals surface area contributed by atoms with E-state index < -0.39 is 6.10 Å². The van der Waals surface area contributed by atoms with Crippen molar-refractivity contribution in [2.24, 2.45) is 7.05 Å². The van der Waals surface area contributed by atoms with E-state index >= 15 is 0 Å². The van der Waals surface area contributed by atoms with Crippen molar-refractivity contribution in [2.75, 3.05) is 0 Å². The summed E-state index contributed by atoms with van der Waals surface area (Å²) in [6.07, 6.45) is 10.5. The third-order valence-corrected chi connectivity index (χ3v) is 6.27. The second kappa shape index (κ2) is 8.59. The topological polar surface area (TPSA) is 85.0 Å². The van der Waals surface area contributed by atoms with E-state index in [0.29, 0.717) is 17.6 Å². The molecule has 0 saturated heterocycles. The Bertz CT molecular complexity index is 1240. The molecule has 0 radical (unpaired) electrons. The molecule has 1 aliphatic rings. The number of carbonyl (C=O) groups excluding carboxylic acids is 1. The maximum absolute atomic E-state index is 13.1. The van der Waals surface area contributed by atoms with E-state index in [1.54, 1.807) is 10.9 Å². The number of aryl methyl sites for hydroxylation is 1. The molecule has 3 heterocycles. The van der Waals surface area contributed by atoms with Crippen molar-refractivity contribution in [3.63, 3.8) is 0 Å². The number of fused-ring (bicyclic) bond motifs is 1. The molecule has 1 aromatic carbocycles. The molecule has 0 aliphatic heterocycles. The van der Waals surface area contributed by atoms with Gasteiger partial charge in [0.25, 0.3) is 5.91 Å². The summed E-state index contributed by atoms with van der Waals surface area (Å²) in [4.78, 5) is 17.5. The number of nitrogens with zero attached hydrogens (tertiary/aromatic N) is 4. The predicted octanol–water partition coefficient (Wildman–Crippen LogP) is 3.52. The predicted molar refractivity (Wildman–Crippen MR) is 123 cm³/mol. The first-order valence-corrected chi connectivity index (χ1v) is 11.1. The third kappa shape index (κ3) is 4.03. The lowest BCUT2D eigenvalue weighted by atomic mass is 9.92. The summed E-state index contributed by atoms with van der Waals surface area (Å²) < 4.78 is 3.86. The lowest BCUT2D eigenvalue weighted by molar-refractivity contribution is 0.0718. The first-order valence-electron chi connectivity index (χ1n) is 11.1. The minimum atomic E-state index is -0.479. The number of amides is 1. The summed E-state index contributed by atoms with van der Waals surface area (Å²) in [7, 11) is 1.91. The molecule has 2 atom stereocenters. The van der Waals surface area contributed by atoms with Crippen LogP contribution in [-0.2, 0) is 13.6 Å².